The van der Waals surface area contributed by atoms with Gasteiger partial charge in [0.05, 0.1) is 17.2 Å². The Balaban J connectivity index is 1.80. The van der Waals surface area contributed by atoms with Crippen molar-refractivity contribution in [1.82, 2.24) is 0 Å². The summed E-state index contributed by atoms with van der Waals surface area (Å²) >= 11 is 0. The summed E-state index contributed by atoms with van der Waals surface area (Å²) in [7, 11) is 0. The van der Waals surface area contributed by atoms with Crippen LogP contribution in [-0.4, -0.2) is 18.0 Å². The van der Waals surface area contributed by atoms with Crippen molar-refractivity contribution < 1.29 is 19.1 Å². The molecule has 1 aliphatic carbocycles. The van der Waals surface area contributed by atoms with Gasteiger partial charge in [-0.2, -0.15) is 0 Å². The molecule has 1 heterocycles. The van der Waals surface area contributed by atoms with E-state index in [0.29, 0.717) is 16.9 Å². The van der Waals surface area contributed by atoms with E-state index in [-0.39, 0.29) is 6.10 Å². The molecule has 0 unspecified atom stereocenters. The van der Waals surface area contributed by atoms with Crippen molar-refractivity contribution in [3.8, 4) is 5.75 Å². The molecule has 2 aliphatic rings. The van der Waals surface area contributed by atoms with Gasteiger partial charge in [-0.25, -0.2) is 9.59 Å². The third kappa shape index (κ3) is 1.98. The van der Waals surface area contributed by atoms with Crippen molar-refractivity contribution in [3.05, 3.63) is 29.3 Å². The second-order valence-corrected chi connectivity index (χ2v) is 4.76. The van der Waals surface area contributed by atoms with Gasteiger partial charge in [0.2, 0.25) is 0 Å². The van der Waals surface area contributed by atoms with Crippen molar-refractivity contribution in [2.24, 2.45) is 0 Å². The van der Waals surface area contributed by atoms with E-state index in [1.807, 2.05) is 0 Å². The minimum absolute atomic E-state index is 0.227. The number of benzene rings is 1. The van der Waals surface area contributed by atoms with Crippen LogP contribution in [-0.2, 0) is 4.74 Å². The van der Waals surface area contributed by atoms with Gasteiger partial charge in [-0.3, -0.25) is 0 Å². The number of cyclic esters (lactones) is 2. The van der Waals surface area contributed by atoms with E-state index in [9.17, 15) is 9.59 Å². The Hall–Kier alpha value is -1.84. The van der Waals surface area contributed by atoms with Crippen molar-refractivity contribution in [3.63, 3.8) is 0 Å². The van der Waals surface area contributed by atoms with E-state index < -0.39 is 11.9 Å². The SMILES string of the molecule is O=C1OC(=O)c2cc(OC3CCCCC3)ccc21. The molecule has 0 bridgehead atoms. The molecular formula is C14H14O4. The van der Waals surface area contributed by atoms with E-state index >= 15 is 0 Å². The number of esters is 2. The number of ether oxygens (including phenoxy) is 2. The molecule has 1 aliphatic heterocycles. The van der Waals surface area contributed by atoms with Crippen LogP contribution in [0.1, 0.15) is 52.8 Å². The van der Waals surface area contributed by atoms with Crippen LogP contribution in [0.25, 0.3) is 0 Å². The summed E-state index contributed by atoms with van der Waals surface area (Å²) < 4.78 is 10.4. The van der Waals surface area contributed by atoms with Crippen LogP contribution in [0.15, 0.2) is 18.2 Å². The Morgan fingerprint density at radius 2 is 1.72 bits per heavy atom. The Labute approximate surface area is 105 Å². The number of fused-ring (bicyclic) bond motifs is 1. The topological polar surface area (TPSA) is 52.6 Å². The third-order valence-corrected chi connectivity index (χ3v) is 3.47. The largest absolute Gasteiger partial charge is 0.490 e. The van der Waals surface area contributed by atoms with Crippen LogP contribution >= 0.6 is 0 Å². The van der Waals surface area contributed by atoms with Gasteiger partial charge in [0.25, 0.3) is 0 Å². The molecule has 0 aromatic heterocycles. The van der Waals surface area contributed by atoms with Crippen LogP contribution < -0.4 is 4.74 Å². The quantitative estimate of drug-likeness (QED) is 0.594. The maximum absolute atomic E-state index is 11.4. The van der Waals surface area contributed by atoms with Gasteiger partial charge in [0, 0.05) is 0 Å². The van der Waals surface area contributed by atoms with Crippen LogP contribution in [0, 0.1) is 0 Å². The number of hydrogen-bond acceptors (Lipinski definition) is 4. The Morgan fingerprint density at radius 1 is 1.00 bits per heavy atom. The number of carbonyl (C=O) groups is 2. The highest BCUT2D eigenvalue weighted by Crippen LogP contribution is 2.28. The standard InChI is InChI=1S/C14H14O4/c15-13-11-7-6-10(8-12(11)14(16)18-13)17-9-4-2-1-3-5-9/h6-9H,1-5H2. The first-order valence-corrected chi connectivity index (χ1v) is 6.31. The van der Waals surface area contributed by atoms with Crippen LogP contribution in [0.2, 0.25) is 0 Å². The molecule has 18 heavy (non-hydrogen) atoms. The zero-order chi connectivity index (χ0) is 12.5. The molecule has 0 atom stereocenters. The van der Waals surface area contributed by atoms with E-state index in [4.69, 9.17) is 4.74 Å². The van der Waals surface area contributed by atoms with Gasteiger partial charge < -0.3 is 9.47 Å². The molecule has 0 radical (unpaired) electrons. The molecule has 0 spiro atoms. The first-order valence-electron chi connectivity index (χ1n) is 6.31. The fourth-order valence-corrected chi connectivity index (χ4v) is 2.51. The lowest BCUT2D eigenvalue weighted by molar-refractivity contribution is 0.0443. The summed E-state index contributed by atoms with van der Waals surface area (Å²) in [4.78, 5) is 22.7. The van der Waals surface area contributed by atoms with Crippen molar-refractivity contribution in [1.29, 1.82) is 0 Å². The van der Waals surface area contributed by atoms with Gasteiger partial charge >= 0.3 is 11.9 Å². The lowest BCUT2D eigenvalue weighted by Gasteiger charge is -2.23. The van der Waals surface area contributed by atoms with E-state index in [2.05, 4.69) is 4.74 Å². The minimum Gasteiger partial charge on any atom is -0.490 e. The summed E-state index contributed by atoms with van der Waals surface area (Å²) in [6.45, 7) is 0. The molecule has 1 saturated carbocycles. The zero-order valence-electron chi connectivity index (χ0n) is 9.98. The summed E-state index contributed by atoms with van der Waals surface area (Å²) in [6, 6.07) is 4.94. The molecule has 1 aromatic carbocycles. The molecular weight excluding hydrogens is 232 g/mol. The number of hydrogen-bond donors (Lipinski definition) is 0. The smallest absolute Gasteiger partial charge is 0.347 e. The summed E-state index contributed by atoms with van der Waals surface area (Å²) in [6.07, 6.45) is 5.99. The second kappa shape index (κ2) is 4.44. The molecule has 1 fully saturated rings. The zero-order valence-corrected chi connectivity index (χ0v) is 9.98. The molecule has 0 N–H and O–H groups in total. The van der Waals surface area contributed by atoms with Crippen molar-refractivity contribution in [2.45, 2.75) is 38.2 Å². The third-order valence-electron chi connectivity index (χ3n) is 3.47. The average Bonchev–Trinajstić information content (AvgIpc) is 2.66. The van der Waals surface area contributed by atoms with Gasteiger partial charge in [-0.15, -0.1) is 0 Å². The summed E-state index contributed by atoms with van der Waals surface area (Å²) in [5.41, 5.74) is 0.643. The van der Waals surface area contributed by atoms with Gasteiger partial charge in [-0.05, 0) is 43.9 Å². The molecule has 4 heteroatoms. The Morgan fingerprint density at radius 3 is 2.50 bits per heavy atom. The maximum Gasteiger partial charge on any atom is 0.347 e. The van der Waals surface area contributed by atoms with Crippen LogP contribution in [0.5, 0.6) is 5.75 Å². The van der Waals surface area contributed by atoms with Gasteiger partial charge in [0.15, 0.2) is 0 Å². The molecule has 0 amide bonds. The molecule has 94 valence electrons. The Kier molecular flexibility index (Phi) is 2.78. The van der Waals surface area contributed by atoms with E-state index in [1.165, 1.54) is 19.3 Å². The van der Waals surface area contributed by atoms with Gasteiger partial charge in [-0.1, -0.05) is 6.42 Å². The number of carbonyl (C=O) groups excluding carboxylic acids is 2. The highest BCUT2D eigenvalue weighted by atomic mass is 16.6. The molecule has 1 aromatic rings. The van der Waals surface area contributed by atoms with E-state index in [0.717, 1.165) is 12.8 Å². The fourth-order valence-electron chi connectivity index (χ4n) is 2.51. The highest BCUT2D eigenvalue weighted by Gasteiger charge is 2.30. The first kappa shape index (κ1) is 11.3. The van der Waals surface area contributed by atoms with E-state index in [1.54, 1.807) is 18.2 Å². The lowest BCUT2D eigenvalue weighted by Crippen LogP contribution is -2.19. The summed E-state index contributed by atoms with van der Waals surface area (Å²) in [5.74, 6) is -0.504. The summed E-state index contributed by atoms with van der Waals surface area (Å²) in [5, 5.41) is 0. The lowest BCUT2D eigenvalue weighted by atomic mass is 9.98. The predicted octanol–water partition coefficient (Wildman–Crippen LogP) is 2.71. The number of rotatable bonds is 2. The average molecular weight is 246 g/mol. The van der Waals surface area contributed by atoms with Crippen molar-refractivity contribution >= 4 is 11.9 Å². The van der Waals surface area contributed by atoms with Crippen LogP contribution in [0.3, 0.4) is 0 Å². The monoisotopic (exact) mass is 246 g/mol. The Bertz CT molecular complexity index is 501. The first-order chi connectivity index (χ1) is 8.74. The molecule has 3 rings (SSSR count). The molecule has 4 nitrogen and oxygen atoms in total. The predicted molar refractivity (Wildman–Crippen MR) is 63.7 cm³/mol. The van der Waals surface area contributed by atoms with Crippen molar-refractivity contribution in [2.75, 3.05) is 0 Å². The molecule has 0 saturated heterocycles. The second-order valence-electron chi connectivity index (χ2n) is 4.76. The maximum atomic E-state index is 11.4. The van der Waals surface area contributed by atoms with Gasteiger partial charge in [0.1, 0.15) is 5.75 Å². The normalized spacial score (nSPS) is 19.6. The highest BCUT2D eigenvalue weighted by molar-refractivity contribution is 6.14. The minimum atomic E-state index is -0.580. The fraction of sp³-hybridized carbons (Fsp3) is 0.429. The van der Waals surface area contributed by atoms with Crippen LogP contribution in [0.4, 0.5) is 0 Å².